The van der Waals surface area contributed by atoms with Crippen molar-refractivity contribution in [1.29, 1.82) is 0 Å². The molecule has 6 nitrogen and oxygen atoms in total. The van der Waals surface area contributed by atoms with E-state index in [0.717, 1.165) is 25.7 Å². The van der Waals surface area contributed by atoms with Crippen LogP contribution < -0.4 is 0 Å². The van der Waals surface area contributed by atoms with Crippen molar-refractivity contribution in [2.24, 2.45) is 5.92 Å². The Morgan fingerprint density at radius 3 is 2.40 bits per heavy atom. The Hall–Kier alpha value is -0.660. The van der Waals surface area contributed by atoms with Gasteiger partial charge < -0.3 is 5.11 Å². The Morgan fingerprint density at radius 1 is 1.25 bits per heavy atom. The van der Waals surface area contributed by atoms with Crippen LogP contribution in [0.25, 0.3) is 0 Å². The molecular formula is C13H24N2O4S. The Morgan fingerprint density at radius 2 is 1.85 bits per heavy atom. The summed E-state index contributed by atoms with van der Waals surface area (Å²) in [6.07, 6.45) is 4.25. The van der Waals surface area contributed by atoms with E-state index < -0.39 is 22.2 Å². The summed E-state index contributed by atoms with van der Waals surface area (Å²) in [5, 5.41) is 9.40. The van der Waals surface area contributed by atoms with Crippen molar-refractivity contribution in [2.45, 2.75) is 58.0 Å². The Labute approximate surface area is 120 Å². The molecule has 2 fully saturated rings. The van der Waals surface area contributed by atoms with Crippen LogP contribution in [0.5, 0.6) is 0 Å². The van der Waals surface area contributed by atoms with Gasteiger partial charge in [-0.2, -0.15) is 17.0 Å². The van der Waals surface area contributed by atoms with E-state index in [1.165, 1.54) is 8.61 Å². The van der Waals surface area contributed by atoms with Gasteiger partial charge >= 0.3 is 5.97 Å². The number of carbonyl (C=O) groups is 1. The first kappa shape index (κ1) is 15.7. The molecule has 1 saturated heterocycles. The predicted molar refractivity (Wildman–Crippen MR) is 75.5 cm³/mol. The first-order valence-corrected chi connectivity index (χ1v) is 8.84. The van der Waals surface area contributed by atoms with E-state index in [2.05, 4.69) is 0 Å². The summed E-state index contributed by atoms with van der Waals surface area (Å²) in [5.74, 6) is -0.815. The van der Waals surface area contributed by atoms with Gasteiger partial charge in [0, 0.05) is 19.1 Å². The van der Waals surface area contributed by atoms with Crippen LogP contribution in [0.2, 0.25) is 0 Å². The Balaban J connectivity index is 2.36. The van der Waals surface area contributed by atoms with Gasteiger partial charge in [0.25, 0.3) is 10.2 Å². The third kappa shape index (κ3) is 2.58. The summed E-state index contributed by atoms with van der Waals surface area (Å²) in [6.45, 7) is 4.31. The van der Waals surface area contributed by atoms with Gasteiger partial charge in [0.05, 0.1) is 0 Å². The molecule has 20 heavy (non-hydrogen) atoms. The van der Waals surface area contributed by atoms with Gasteiger partial charge in [0.15, 0.2) is 0 Å². The molecule has 0 spiro atoms. The van der Waals surface area contributed by atoms with Crippen molar-refractivity contribution >= 4 is 16.2 Å². The van der Waals surface area contributed by atoms with E-state index in [1.54, 1.807) is 13.8 Å². The molecule has 0 bridgehead atoms. The predicted octanol–water partition coefficient (Wildman–Crippen LogP) is 1.29. The lowest BCUT2D eigenvalue weighted by molar-refractivity contribution is -0.141. The van der Waals surface area contributed by atoms with Crippen LogP contribution in [-0.4, -0.2) is 53.3 Å². The summed E-state index contributed by atoms with van der Waals surface area (Å²) >= 11 is 0. The molecule has 2 rings (SSSR count). The molecule has 1 heterocycles. The van der Waals surface area contributed by atoms with Gasteiger partial charge in [-0.15, -0.1) is 0 Å². The van der Waals surface area contributed by atoms with E-state index in [-0.39, 0.29) is 12.0 Å². The first-order valence-electron chi connectivity index (χ1n) is 7.44. The van der Waals surface area contributed by atoms with Gasteiger partial charge in [-0.3, -0.25) is 4.79 Å². The standard InChI is InChI=1S/C13H24N2O4S/c1-3-14(4-2)20(18,19)15-11-8-6-5-7-10(11)9-12(15)13(16)17/h10-12H,3-9H2,1-2H3,(H,16,17)/t10-,11-,12-/m0/s1. The first-order chi connectivity index (χ1) is 9.43. The highest BCUT2D eigenvalue weighted by molar-refractivity contribution is 7.86. The molecule has 0 amide bonds. The van der Waals surface area contributed by atoms with Gasteiger partial charge in [-0.25, -0.2) is 0 Å². The van der Waals surface area contributed by atoms with Crippen molar-refractivity contribution in [3.05, 3.63) is 0 Å². The summed E-state index contributed by atoms with van der Waals surface area (Å²) in [6, 6.07) is -1.02. The summed E-state index contributed by atoms with van der Waals surface area (Å²) in [4.78, 5) is 11.5. The molecule has 1 aliphatic carbocycles. The number of nitrogens with zero attached hydrogens (tertiary/aromatic N) is 2. The van der Waals surface area contributed by atoms with Crippen molar-refractivity contribution in [3.8, 4) is 0 Å². The second-order valence-electron chi connectivity index (χ2n) is 5.62. The fourth-order valence-electron chi connectivity index (χ4n) is 3.64. The molecule has 7 heteroatoms. The van der Waals surface area contributed by atoms with Crippen molar-refractivity contribution in [3.63, 3.8) is 0 Å². The monoisotopic (exact) mass is 304 g/mol. The van der Waals surface area contributed by atoms with Crippen LogP contribution in [-0.2, 0) is 15.0 Å². The molecule has 3 atom stereocenters. The van der Waals surface area contributed by atoms with Crippen LogP contribution in [0, 0.1) is 5.92 Å². The molecule has 0 unspecified atom stereocenters. The summed E-state index contributed by atoms with van der Waals surface area (Å²) in [5.41, 5.74) is 0. The van der Waals surface area contributed by atoms with E-state index in [1.807, 2.05) is 0 Å². The highest BCUT2D eigenvalue weighted by Crippen LogP contribution is 2.41. The molecule has 1 saturated carbocycles. The Bertz CT molecular complexity index is 461. The minimum Gasteiger partial charge on any atom is -0.480 e. The fourth-order valence-corrected chi connectivity index (χ4v) is 5.68. The van der Waals surface area contributed by atoms with Crippen LogP contribution in [0.4, 0.5) is 0 Å². The number of carboxylic acid groups (broad SMARTS) is 1. The van der Waals surface area contributed by atoms with Crippen molar-refractivity contribution in [2.75, 3.05) is 13.1 Å². The number of hydrogen-bond acceptors (Lipinski definition) is 3. The quantitative estimate of drug-likeness (QED) is 0.830. The smallest absolute Gasteiger partial charge is 0.322 e. The SMILES string of the molecule is CCN(CC)S(=O)(=O)N1[C@H](C(=O)O)C[C@@H]2CCCC[C@@H]21. The maximum atomic E-state index is 12.8. The molecule has 116 valence electrons. The van der Waals surface area contributed by atoms with E-state index in [4.69, 9.17) is 0 Å². The largest absolute Gasteiger partial charge is 0.480 e. The molecule has 0 radical (unpaired) electrons. The van der Waals surface area contributed by atoms with Crippen LogP contribution in [0.3, 0.4) is 0 Å². The molecule has 2 aliphatic rings. The average molecular weight is 304 g/mol. The van der Waals surface area contributed by atoms with Gasteiger partial charge in [0.1, 0.15) is 6.04 Å². The van der Waals surface area contributed by atoms with Crippen LogP contribution in [0.1, 0.15) is 46.0 Å². The zero-order valence-corrected chi connectivity index (χ0v) is 13.0. The van der Waals surface area contributed by atoms with Crippen LogP contribution in [0.15, 0.2) is 0 Å². The third-order valence-electron chi connectivity index (χ3n) is 4.61. The molecule has 0 aromatic heterocycles. The van der Waals surface area contributed by atoms with E-state index >= 15 is 0 Å². The fraction of sp³-hybridized carbons (Fsp3) is 0.923. The number of fused-ring (bicyclic) bond motifs is 1. The lowest BCUT2D eigenvalue weighted by Gasteiger charge is -2.35. The highest BCUT2D eigenvalue weighted by atomic mass is 32.2. The van der Waals surface area contributed by atoms with Crippen LogP contribution >= 0.6 is 0 Å². The minimum absolute atomic E-state index is 0.129. The van der Waals surface area contributed by atoms with Gasteiger partial charge in [0.2, 0.25) is 0 Å². The third-order valence-corrected chi connectivity index (χ3v) is 6.84. The zero-order valence-electron chi connectivity index (χ0n) is 12.2. The molecule has 1 aliphatic heterocycles. The molecular weight excluding hydrogens is 280 g/mol. The molecule has 0 aromatic rings. The van der Waals surface area contributed by atoms with Crippen molar-refractivity contribution in [1.82, 2.24) is 8.61 Å². The highest BCUT2D eigenvalue weighted by Gasteiger charge is 2.51. The second kappa shape index (κ2) is 5.99. The maximum Gasteiger partial charge on any atom is 0.322 e. The lowest BCUT2D eigenvalue weighted by atomic mass is 9.85. The summed E-state index contributed by atoms with van der Waals surface area (Å²) < 4.78 is 28.2. The summed E-state index contributed by atoms with van der Waals surface area (Å²) in [7, 11) is -3.68. The average Bonchev–Trinajstić information content (AvgIpc) is 2.79. The topological polar surface area (TPSA) is 77.9 Å². The molecule has 0 aromatic carbocycles. The Kier molecular flexibility index (Phi) is 4.71. The number of hydrogen-bond donors (Lipinski definition) is 1. The molecule has 1 N–H and O–H groups in total. The minimum atomic E-state index is -3.68. The number of rotatable bonds is 5. The van der Waals surface area contributed by atoms with Gasteiger partial charge in [-0.05, 0) is 25.2 Å². The second-order valence-corrected chi connectivity index (χ2v) is 7.46. The van der Waals surface area contributed by atoms with E-state index in [0.29, 0.717) is 19.5 Å². The lowest BCUT2D eigenvalue weighted by Crippen LogP contribution is -2.52. The van der Waals surface area contributed by atoms with Gasteiger partial charge in [-0.1, -0.05) is 26.7 Å². The zero-order chi connectivity index (χ0) is 14.9. The maximum absolute atomic E-state index is 12.8. The van der Waals surface area contributed by atoms with E-state index in [9.17, 15) is 18.3 Å². The number of carboxylic acids is 1. The number of aliphatic carboxylic acids is 1. The van der Waals surface area contributed by atoms with Crippen molar-refractivity contribution < 1.29 is 18.3 Å². The normalized spacial score (nSPS) is 31.4.